The molecule has 0 aliphatic carbocycles. The summed E-state index contributed by atoms with van der Waals surface area (Å²) < 4.78 is 5.82. The van der Waals surface area contributed by atoms with Crippen molar-refractivity contribution in [3.63, 3.8) is 0 Å². The zero-order chi connectivity index (χ0) is 22.1. The summed E-state index contributed by atoms with van der Waals surface area (Å²) in [6, 6.07) is 18.2. The number of hydrogen-bond donors (Lipinski definition) is 1. The monoisotopic (exact) mass is 450 g/mol. The third-order valence-corrected chi connectivity index (χ3v) is 5.50. The first-order valence-electron chi connectivity index (χ1n) is 9.70. The largest absolute Gasteiger partial charge is 0.457 e. The van der Waals surface area contributed by atoms with E-state index in [0.29, 0.717) is 28.1 Å². The van der Waals surface area contributed by atoms with Crippen LogP contribution in [-0.4, -0.2) is 16.9 Å². The van der Waals surface area contributed by atoms with Gasteiger partial charge in [-0.05, 0) is 78.3 Å². The Bertz CT molecular complexity index is 1190. The minimum absolute atomic E-state index is 0.0470. The molecule has 5 nitrogen and oxygen atoms in total. The van der Waals surface area contributed by atoms with E-state index in [9.17, 15) is 9.59 Å². The number of hydrogen-bond acceptors (Lipinski definition) is 4. The number of nitrogens with one attached hydrogen (secondary N) is 1. The summed E-state index contributed by atoms with van der Waals surface area (Å²) in [5.41, 5.74) is 2.51. The van der Waals surface area contributed by atoms with Crippen LogP contribution in [-0.2, 0) is 9.59 Å². The fourth-order valence-electron chi connectivity index (χ4n) is 3.24. The van der Waals surface area contributed by atoms with Gasteiger partial charge >= 0.3 is 0 Å². The molecule has 7 heteroatoms. The second-order valence-corrected chi connectivity index (χ2v) is 8.24. The zero-order valence-corrected chi connectivity index (χ0v) is 18.5. The van der Waals surface area contributed by atoms with Gasteiger partial charge in [-0.1, -0.05) is 37.6 Å². The Morgan fingerprint density at radius 2 is 1.68 bits per heavy atom. The lowest BCUT2D eigenvalue weighted by molar-refractivity contribution is -0.122. The Kier molecular flexibility index (Phi) is 5.76. The van der Waals surface area contributed by atoms with Crippen molar-refractivity contribution >= 4 is 52.5 Å². The van der Waals surface area contributed by atoms with E-state index in [-0.39, 0.29) is 10.7 Å². The molecule has 2 heterocycles. The van der Waals surface area contributed by atoms with Crippen LogP contribution < -0.4 is 10.2 Å². The lowest BCUT2D eigenvalue weighted by Gasteiger charge is -2.29. The molecule has 31 heavy (non-hydrogen) atoms. The predicted molar refractivity (Wildman–Crippen MR) is 126 cm³/mol. The van der Waals surface area contributed by atoms with Crippen molar-refractivity contribution in [2.45, 2.75) is 19.8 Å². The standard InChI is InChI=1S/C24H19ClN2O3S/c1-14(2)15-5-9-18(10-6-15)27-23(29)20(22(28)26-24(27)31)13-19-11-12-21(30-19)16-3-7-17(25)8-4-16/h3-14H,1-2H3,(H,26,28,31)/b20-13+. The van der Waals surface area contributed by atoms with E-state index in [1.54, 1.807) is 24.3 Å². The van der Waals surface area contributed by atoms with Crippen LogP contribution in [0.3, 0.4) is 0 Å². The van der Waals surface area contributed by atoms with E-state index in [1.807, 2.05) is 36.4 Å². The molecule has 3 aromatic rings. The van der Waals surface area contributed by atoms with Crippen LogP contribution in [0, 0.1) is 0 Å². The number of benzene rings is 2. The van der Waals surface area contributed by atoms with E-state index in [4.69, 9.17) is 28.2 Å². The van der Waals surface area contributed by atoms with Gasteiger partial charge in [0.25, 0.3) is 11.8 Å². The van der Waals surface area contributed by atoms with E-state index in [1.165, 1.54) is 11.0 Å². The summed E-state index contributed by atoms with van der Waals surface area (Å²) >= 11 is 11.2. The first-order chi connectivity index (χ1) is 14.8. The normalized spacial score (nSPS) is 15.7. The van der Waals surface area contributed by atoms with Crippen molar-refractivity contribution < 1.29 is 14.0 Å². The maximum Gasteiger partial charge on any atom is 0.270 e. The second-order valence-electron chi connectivity index (χ2n) is 7.41. The highest BCUT2D eigenvalue weighted by Gasteiger charge is 2.34. The van der Waals surface area contributed by atoms with Gasteiger partial charge < -0.3 is 4.42 Å². The Hall–Kier alpha value is -3.22. The number of carbonyl (C=O) groups excluding carboxylic acids is 2. The lowest BCUT2D eigenvalue weighted by atomic mass is 10.0. The number of thiocarbonyl (C=S) groups is 1. The fraction of sp³-hybridized carbons (Fsp3) is 0.125. The number of halogens is 1. The SMILES string of the molecule is CC(C)c1ccc(N2C(=O)/C(=C/c3ccc(-c4ccc(Cl)cc4)o3)C(=O)NC2=S)cc1. The number of amides is 2. The number of nitrogens with zero attached hydrogens (tertiary/aromatic N) is 1. The van der Waals surface area contributed by atoms with E-state index in [2.05, 4.69) is 19.2 Å². The highest BCUT2D eigenvalue weighted by molar-refractivity contribution is 7.80. The van der Waals surface area contributed by atoms with Gasteiger partial charge in [-0.15, -0.1) is 0 Å². The molecule has 156 valence electrons. The Morgan fingerprint density at radius 1 is 1.00 bits per heavy atom. The van der Waals surface area contributed by atoms with Crippen LogP contribution in [0.4, 0.5) is 5.69 Å². The lowest BCUT2D eigenvalue weighted by Crippen LogP contribution is -2.54. The number of rotatable bonds is 4. The maximum atomic E-state index is 13.1. The molecule has 0 radical (unpaired) electrons. The van der Waals surface area contributed by atoms with Crippen molar-refractivity contribution in [3.8, 4) is 11.3 Å². The second kappa shape index (κ2) is 8.49. The summed E-state index contributed by atoms with van der Waals surface area (Å²) in [4.78, 5) is 26.9. The van der Waals surface area contributed by atoms with Crippen LogP contribution in [0.2, 0.25) is 5.02 Å². The van der Waals surface area contributed by atoms with Crippen molar-refractivity contribution in [1.82, 2.24) is 5.32 Å². The zero-order valence-electron chi connectivity index (χ0n) is 16.9. The van der Waals surface area contributed by atoms with Gasteiger partial charge in [-0.25, -0.2) is 0 Å². The topological polar surface area (TPSA) is 62.6 Å². The van der Waals surface area contributed by atoms with Gasteiger partial charge in [-0.2, -0.15) is 0 Å². The third-order valence-electron chi connectivity index (χ3n) is 4.96. The quantitative estimate of drug-likeness (QED) is 0.321. The third kappa shape index (κ3) is 4.31. The van der Waals surface area contributed by atoms with E-state index < -0.39 is 11.8 Å². The Morgan fingerprint density at radius 3 is 2.32 bits per heavy atom. The molecule has 0 saturated carbocycles. The molecule has 1 aromatic heterocycles. The minimum Gasteiger partial charge on any atom is -0.457 e. The van der Waals surface area contributed by atoms with Crippen LogP contribution in [0.5, 0.6) is 0 Å². The van der Waals surface area contributed by atoms with Crippen molar-refractivity contribution in [1.29, 1.82) is 0 Å². The summed E-state index contributed by atoms with van der Waals surface area (Å²) in [7, 11) is 0. The van der Waals surface area contributed by atoms with Crippen molar-refractivity contribution in [2.75, 3.05) is 4.90 Å². The number of anilines is 1. The maximum absolute atomic E-state index is 13.1. The molecule has 2 amide bonds. The van der Waals surface area contributed by atoms with Gasteiger partial charge in [0.1, 0.15) is 17.1 Å². The molecule has 1 saturated heterocycles. The molecule has 1 aliphatic rings. The molecule has 2 aromatic carbocycles. The molecule has 0 spiro atoms. The summed E-state index contributed by atoms with van der Waals surface area (Å²) in [6.45, 7) is 4.18. The van der Waals surface area contributed by atoms with Gasteiger partial charge in [0.05, 0.1) is 5.69 Å². The van der Waals surface area contributed by atoms with Crippen LogP contribution in [0.1, 0.15) is 31.1 Å². The Balaban J connectivity index is 1.64. The molecule has 4 rings (SSSR count). The van der Waals surface area contributed by atoms with E-state index >= 15 is 0 Å². The van der Waals surface area contributed by atoms with Gasteiger partial charge in [0, 0.05) is 10.6 Å². The van der Waals surface area contributed by atoms with Gasteiger partial charge in [0.15, 0.2) is 5.11 Å². The van der Waals surface area contributed by atoms with Gasteiger partial charge in [0.2, 0.25) is 0 Å². The Labute approximate surface area is 190 Å². The average molecular weight is 451 g/mol. The summed E-state index contributed by atoms with van der Waals surface area (Å²) in [5.74, 6) is 0.280. The molecule has 1 N–H and O–H groups in total. The van der Waals surface area contributed by atoms with Crippen molar-refractivity contribution in [2.24, 2.45) is 0 Å². The average Bonchev–Trinajstić information content (AvgIpc) is 3.20. The number of furan rings is 1. The fourth-order valence-corrected chi connectivity index (χ4v) is 3.65. The minimum atomic E-state index is -0.561. The van der Waals surface area contributed by atoms with Crippen LogP contribution in [0.25, 0.3) is 17.4 Å². The molecule has 1 aliphatic heterocycles. The first-order valence-corrected chi connectivity index (χ1v) is 10.5. The number of carbonyl (C=O) groups is 2. The van der Waals surface area contributed by atoms with Crippen molar-refractivity contribution in [3.05, 3.63) is 82.6 Å². The summed E-state index contributed by atoms with van der Waals surface area (Å²) in [5, 5.41) is 3.26. The highest BCUT2D eigenvalue weighted by Crippen LogP contribution is 2.27. The van der Waals surface area contributed by atoms with E-state index in [0.717, 1.165) is 11.1 Å². The van der Waals surface area contributed by atoms with Crippen LogP contribution >= 0.6 is 23.8 Å². The molecule has 0 atom stereocenters. The molecule has 0 unspecified atom stereocenters. The highest BCUT2D eigenvalue weighted by atomic mass is 35.5. The smallest absolute Gasteiger partial charge is 0.270 e. The van der Waals surface area contributed by atoms with Crippen LogP contribution in [0.15, 0.2) is 70.7 Å². The molecule has 1 fully saturated rings. The first kappa shape index (κ1) is 21.0. The summed E-state index contributed by atoms with van der Waals surface area (Å²) in [6.07, 6.45) is 1.42. The molecular formula is C24H19ClN2O3S. The molecular weight excluding hydrogens is 432 g/mol. The van der Waals surface area contributed by atoms with Gasteiger partial charge in [-0.3, -0.25) is 19.8 Å². The molecule has 0 bridgehead atoms. The predicted octanol–water partition coefficient (Wildman–Crippen LogP) is 5.55.